The number of likely N-dealkylation sites (tertiary alicyclic amines) is 1. The number of nitrogens with zero attached hydrogens (tertiary/aromatic N) is 1. The molecule has 1 aliphatic rings. The molecule has 0 unspecified atom stereocenters. The predicted octanol–water partition coefficient (Wildman–Crippen LogP) is 4.19. The van der Waals surface area contributed by atoms with Gasteiger partial charge < -0.3 is 19.7 Å². The van der Waals surface area contributed by atoms with E-state index in [4.69, 9.17) is 21.1 Å². The number of anilines is 1. The van der Waals surface area contributed by atoms with Gasteiger partial charge in [0.1, 0.15) is 0 Å². The maximum atomic E-state index is 12.7. The summed E-state index contributed by atoms with van der Waals surface area (Å²) in [5, 5.41) is 5.67. The lowest BCUT2D eigenvalue weighted by Crippen LogP contribution is -2.34. The number of nitrogens with one attached hydrogen (secondary N) is 1. The van der Waals surface area contributed by atoms with E-state index < -0.39 is 0 Å². The monoisotopic (exact) mass is 380 g/mol. The zero-order valence-electron chi connectivity index (χ0n) is 14.3. The Bertz CT molecular complexity index is 736. The molecule has 1 fully saturated rings. The lowest BCUT2D eigenvalue weighted by atomic mass is 10.2. The van der Waals surface area contributed by atoms with E-state index in [1.54, 1.807) is 37.7 Å². The number of carbonyl (C=O) groups excluding carboxylic acids is 1. The summed E-state index contributed by atoms with van der Waals surface area (Å²) in [6.07, 6.45) is 2.05. The smallest absolute Gasteiger partial charge is 0.242 e. The van der Waals surface area contributed by atoms with Crippen molar-refractivity contribution in [3.63, 3.8) is 0 Å². The zero-order chi connectivity index (χ0) is 17.8. The SMILES string of the molecule is COc1cc(Cl)c(NCC(=O)N2CCC[C@@H]2c2cccs2)cc1OC. The molecule has 0 spiro atoms. The van der Waals surface area contributed by atoms with E-state index in [1.165, 1.54) is 4.88 Å². The Kier molecular flexibility index (Phi) is 5.71. The molecule has 0 saturated carbocycles. The highest BCUT2D eigenvalue weighted by Crippen LogP contribution is 2.37. The van der Waals surface area contributed by atoms with Gasteiger partial charge in [0.15, 0.2) is 11.5 Å². The van der Waals surface area contributed by atoms with E-state index in [9.17, 15) is 4.79 Å². The average Bonchev–Trinajstić information content (AvgIpc) is 3.30. The molecule has 2 aromatic rings. The van der Waals surface area contributed by atoms with Crippen molar-refractivity contribution in [2.24, 2.45) is 0 Å². The molecule has 1 atom stereocenters. The first kappa shape index (κ1) is 17.9. The molecule has 1 N–H and O–H groups in total. The van der Waals surface area contributed by atoms with Crippen molar-refractivity contribution in [1.29, 1.82) is 0 Å². The van der Waals surface area contributed by atoms with Crippen LogP contribution in [0.2, 0.25) is 5.02 Å². The molecule has 1 amide bonds. The second kappa shape index (κ2) is 7.97. The molecule has 25 heavy (non-hydrogen) atoms. The van der Waals surface area contributed by atoms with Gasteiger partial charge in [0.25, 0.3) is 0 Å². The summed E-state index contributed by atoms with van der Waals surface area (Å²) in [6.45, 7) is 0.986. The van der Waals surface area contributed by atoms with Crippen LogP contribution in [0.3, 0.4) is 0 Å². The van der Waals surface area contributed by atoms with E-state index in [1.807, 2.05) is 11.0 Å². The first-order valence-electron chi connectivity index (χ1n) is 8.12. The summed E-state index contributed by atoms with van der Waals surface area (Å²) < 4.78 is 10.5. The Morgan fingerprint density at radius 2 is 2.12 bits per heavy atom. The fourth-order valence-corrected chi connectivity index (χ4v) is 4.20. The summed E-state index contributed by atoms with van der Waals surface area (Å²) in [6, 6.07) is 7.74. The number of carbonyl (C=O) groups is 1. The highest BCUT2D eigenvalue weighted by atomic mass is 35.5. The van der Waals surface area contributed by atoms with E-state index in [2.05, 4.69) is 16.8 Å². The van der Waals surface area contributed by atoms with Crippen LogP contribution in [0.5, 0.6) is 11.5 Å². The van der Waals surface area contributed by atoms with Gasteiger partial charge in [0.2, 0.25) is 5.91 Å². The standard InChI is InChI=1S/C18H21ClN2O3S/c1-23-15-9-12(19)13(10-16(15)24-2)20-11-18(22)21-7-3-5-14(21)17-6-4-8-25-17/h4,6,8-10,14,20H,3,5,7,11H2,1-2H3/t14-/m1/s1. The molecule has 1 aliphatic heterocycles. The number of ether oxygens (including phenoxy) is 2. The second-order valence-corrected chi connectivity index (χ2v) is 7.19. The number of amides is 1. The van der Waals surface area contributed by atoms with Crippen LogP contribution in [-0.2, 0) is 4.79 Å². The van der Waals surface area contributed by atoms with Gasteiger partial charge >= 0.3 is 0 Å². The molecule has 2 heterocycles. The van der Waals surface area contributed by atoms with Crippen LogP contribution >= 0.6 is 22.9 Å². The van der Waals surface area contributed by atoms with Crippen molar-refractivity contribution in [3.05, 3.63) is 39.5 Å². The number of methoxy groups -OCH3 is 2. The third-order valence-corrected chi connectivity index (χ3v) is 5.63. The van der Waals surface area contributed by atoms with Crippen LogP contribution in [0.4, 0.5) is 5.69 Å². The number of halogens is 1. The lowest BCUT2D eigenvalue weighted by Gasteiger charge is -2.24. The van der Waals surface area contributed by atoms with Gasteiger partial charge in [-0.1, -0.05) is 17.7 Å². The zero-order valence-corrected chi connectivity index (χ0v) is 15.8. The molecule has 134 valence electrons. The number of rotatable bonds is 6. The molecule has 0 aliphatic carbocycles. The summed E-state index contributed by atoms with van der Waals surface area (Å²) >= 11 is 7.97. The van der Waals surface area contributed by atoms with Gasteiger partial charge in [-0.2, -0.15) is 0 Å². The van der Waals surface area contributed by atoms with Crippen molar-refractivity contribution in [3.8, 4) is 11.5 Å². The van der Waals surface area contributed by atoms with Gasteiger partial charge in [-0.15, -0.1) is 11.3 Å². The molecule has 3 rings (SSSR count). The quantitative estimate of drug-likeness (QED) is 0.816. The van der Waals surface area contributed by atoms with E-state index in [-0.39, 0.29) is 18.5 Å². The summed E-state index contributed by atoms with van der Waals surface area (Å²) in [7, 11) is 3.12. The highest BCUT2D eigenvalue weighted by Gasteiger charge is 2.30. The Hall–Kier alpha value is -1.92. The average molecular weight is 381 g/mol. The van der Waals surface area contributed by atoms with Crippen LogP contribution in [-0.4, -0.2) is 38.1 Å². The topological polar surface area (TPSA) is 50.8 Å². The number of hydrogen-bond acceptors (Lipinski definition) is 5. The van der Waals surface area contributed by atoms with Crippen LogP contribution < -0.4 is 14.8 Å². The molecule has 0 bridgehead atoms. The van der Waals surface area contributed by atoms with Crippen molar-refractivity contribution in [2.45, 2.75) is 18.9 Å². The third-order valence-electron chi connectivity index (χ3n) is 4.35. The van der Waals surface area contributed by atoms with Gasteiger partial charge in [0.05, 0.1) is 37.5 Å². The Morgan fingerprint density at radius 3 is 2.80 bits per heavy atom. The van der Waals surface area contributed by atoms with Crippen LogP contribution in [0.25, 0.3) is 0 Å². The minimum atomic E-state index is 0.0711. The largest absolute Gasteiger partial charge is 0.493 e. The lowest BCUT2D eigenvalue weighted by molar-refractivity contribution is -0.130. The Balaban J connectivity index is 1.68. The summed E-state index contributed by atoms with van der Waals surface area (Å²) in [4.78, 5) is 15.9. The Labute approximate surface area is 156 Å². The molecule has 7 heteroatoms. The molecule has 1 aromatic heterocycles. The first-order valence-corrected chi connectivity index (χ1v) is 9.38. The molecular weight excluding hydrogens is 360 g/mol. The van der Waals surface area contributed by atoms with E-state index >= 15 is 0 Å². The molecule has 1 saturated heterocycles. The predicted molar refractivity (Wildman–Crippen MR) is 101 cm³/mol. The highest BCUT2D eigenvalue weighted by molar-refractivity contribution is 7.10. The summed E-state index contributed by atoms with van der Waals surface area (Å²) in [5.74, 6) is 1.20. The third kappa shape index (κ3) is 3.85. The normalized spacial score (nSPS) is 16.8. The van der Waals surface area contributed by atoms with Gasteiger partial charge in [-0.25, -0.2) is 0 Å². The van der Waals surface area contributed by atoms with Gasteiger partial charge in [0, 0.05) is 23.6 Å². The van der Waals surface area contributed by atoms with Crippen LogP contribution in [0, 0.1) is 0 Å². The summed E-state index contributed by atoms with van der Waals surface area (Å²) in [5.41, 5.74) is 0.652. The van der Waals surface area contributed by atoms with Crippen LogP contribution in [0.1, 0.15) is 23.8 Å². The van der Waals surface area contributed by atoms with Gasteiger partial charge in [-0.05, 0) is 24.3 Å². The number of hydrogen-bond donors (Lipinski definition) is 1. The fourth-order valence-electron chi connectivity index (χ4n) is 3.10. The molecule has 5 nitrogen and oxygen atoms in total. The fraction of sp³-hybridized carbons (Fsp3) is 0.389. The molecule has 1 aromatic carbocycles. The van der Waals surface area contributed by atoms with Crippen molar-refractivity contribution in [2.75, 3.05) is 32.6 Å². The van der Waals surface area contributed by atoms with Crippen molar-refractivity contribution >= 4 is 34.5 Å². The minimum Gasteiger partial charge on any atom is -0.493 e. The van der Waals surface area contributed by atoms with Crippen molar-refractivity contribution in [1.82, 2.24) is 4.90 Å². The Morgan fingerprint density at radius 1 is 1.36 bits per heavy atom. The maximum absolute atomic E-state index is 12.7. The van der Waals surface area contributed by atoms with Crippen molar-refractivity contribution < 1.29 is 14.3 Å². The first-order chi connectivity index (χ1) is 12.1. The maximum Gasteiger partial charge on any atom is 0.242 e. The van der Waals surface area contributed by atoms with Gasteiger partial charge in [-0.3, -0.25) is 4.79 Å². The van der Waals surface area contributed by atoms with E-state index in [0.717, 1.165) is 19.4 Å². The van der Waals surface area contributed by atoms with Crippen LogP contribution in [0.15, 0.2) is 29.6 Å². The van der Waals surface area contributed by atoms with E-state index in [0.29, 0.717) is 22.2 Å². The number of thiophene rings is 1. The molecular formula is C18H21ClN2O3S. The number of benzene rings is 1. The second-order valence-electron chi connectivity index (χ2n) is 5.80. The minimum absolute atomic E-state index is 0.0711. The molecule has 0 radical (unpaired) electrons.